The van der Waals surface area contributed by atoms with E-state index in [-0.39, 0.29) is 5.54 Å². The minimum absolute atomic E-state index is 0.248. The molecule has 0 aromatic rings. The first-order chi connectivity index (χ1) is 7.85. The van der Waals surface area contributed by atoms with Crippen LogP contribution in [0.4, 0.5) is 0 Å². The minimum atomic E-state index is 0.248. The smallest absolute Gasteiger partial charge is 0.0469 e. The molecular formula is C13H24ClNO. The normalized spacial score (nSPS) is 26.8. The van der Waals surface area contributed by atoms with Gasteiger partial charge in [0.25, 0.3) is 0 Å². The molecule has 3 heteroatoms. The van der Waals surface area contributed by atoms with Crippen molar-refractivity contribution in [1.82, 2.24) is 5.32 Å². The molecule has 16 heavy (non-hydrogen) atoms. The third-order valence-corrected chi connectivity index (χ3v) is 4.68. The number of alkyl halides is 1. The van der Waals surface area contributed by atoms with Crippen molar-refractivity contribution in [3.8, 4) is 0 Å². The topological polar surface area (TPSA) is 21.3 Å². The van der Waals surface area contributed by atoms with E-state index in [9.17, 15) is 0 Å². The lowest BCUT2D eigenvalue weighted by Gasteiger charge is -2.38. The molecule has 0 atom stereocenters. The predicted molar refractivity (Wildman–Crippen MR) is 68.1 cm³/mol. The van der Waals surface area contributed by atoms with Crippen molar-refractivity contribution in [2.75, 3.05) is 25.6 Å². The van der Waals surface area contributed by atoms with Crippen LogP contribution in [0.1, 0.15) is 44.9 Å². The molecule has 0 unspecified atom stereocenters. The molecule has 2 aliphatic rings. The van der Waals surface area contributed by atoms with Gasteiger partial charge in [-0.2, -0.15) is 0 Å². The van der Waals surface area contributed by atoms with Gasteiger partial charge in [0, 0.05) is 24.6 Å². The van der Waals surface area contributed by atoms with E-state index in [2.05, 4.69) is 5.32 Å². The van der Waals surface area contributed by atoms with Crippen molar-refractivity contribution in [1.29, 1.82) is 0 Å². The zero-order valence-corrected chi connectivity index (χ0v) is 10.9. The van der Waals surface area contributed by atoms with Crippen molar-refractivity contribution in [2.45, 2.75) is 50.5 Å². The maximum absolute atomic E-state index is 6.17. The van der Waals surface area contributed by atoms with Gasteiger partial charge in [-0.3, -0.25) is 0 Å². The average molecular weight is 246 g/mol. The highest BCUT2D eigenvalue weighted by molar-refractivity contribution is 6.18. The Morgan fingerprint density at radius 2 is 1.81 bits per heavy atom. The van der Waals surface area contributed by atoms with Gasteiger partial charge in [-0.25, -0.2) is 0 Å². The molecule has 1 N–H and O–H groups in total. The molecule has 94 valence electrons. The third kappa shape index (κ3) is 3.35. The van der Waals surface area contributed by atoms with E-state index in [4.69, 9.17) is 16.3 Å². The SMILES string of the molecule is ClCC1(NCC2CCOCC2)CCCCC1. The molecule has 1 aliphatic carbocycles. The second kappa shape index (κ2) is 6.23. The molecule has 0 amide bonds. The summed E-state index contributed by atoms with van der Waals surface area (Å²) in [5, 5.41) is 3.77. The Morgan fingerprint density at radius 1 is 1.12 bits per heavy atom. The van der Waals surface area contributed by atoms with Crippen molar-refractivity contribution in [3.05, 3.63) is 0 Å². The van der Waals surface area contributed by atoms with Gasteiger partial charge >= 0.3 is 0 Å². The van der Waals surface area contributed by atoms with Crippen LogP contribution in [0, 0.1) is 5.92 Å². The van der Waals surface area contributed by atoms with Gasteiger partial charge in [0.2, 0.25) is 0 Å². The van der Waals surface area contributed by atoms with Crippen LogP contribution >= 0.6 is 11.6 Å². The fourth-order valence-electron chi connectivity index (χ4n) is 2.90. The van der Waals surface area contributed by atoms with Crippen LogP contribution in [-0.2, 0) is 4.74 Å². The van der Waals surface area contributed by atoms with Crippen LogP contribution in [0.3, 0.4) is 0 Å². The highest BCUT2D eigenvalue weighted by Gasteiger charge is 2.31. The standard InChI is InChI=1S/C13H24ClNO/c14-11-13(6-2-1-3-7-13)15-10-12-4-8-16-9-5-12/h12,15H,1-11H2. The van der Waals surface area contributed by atoms with E-state index < -0.39 is 0 Å². The summed E-state index contributed by atoms with van der Waals surface area (Å²) >= 11 is 6.17. The molecule has 2 rings (SSSR count). The van der Waals surface area contributed by atoms with Crippen molar-refractivity contribution < 1.29 is 4.74 Å². The van der Waals surface area contributed by atoms with Crippen LogP contribution < -0.4 is 5.32 Å². The average Bonchev–Trinajstić information content (AvgIpc) is 2.39. The van der Waals surface area contributed by atoms with Gasteiger partial charge in [0.1, 0.15) is 0 Å². The summed E-state index contributed by atoms with van der Waals surface area (Å²) in [6.07, 6.45) is 9.02. The first-order valence-corrected chi connectivity index (χ1v) is 7.27. The summed E-state index contributed by atoms with van der Waals surface area (Å²) in [6.45, 7) is 3.02. The van der Waals surface area contributed by atoms with Gasteiger partial charge in [0.15, 0.2) is 0 Å². The number of halogens is 1. The van der Waals surface area contributed by atoms with E-state index in [1.54, 1.807) is 0 Å². The zero-order chi connectivity index (χ0) is 11.3. The number of hydrogen-bond acceptors (Lipinski definition) is 2. The molecule has 2 nitrogen and oxygen atoms in total. The number of ether oxygens (including phenoxy) is 1. The molecule has 0 spiro atoms. The van der Waals surface area contributed by atoms with E-state index in [1.807, 2.05) is 0 Å². The first-order valence-electron chi connectivity index (χ1n) is 6.73. The second-order valence-corrected chi connectivity index (χ2v) is 5.68. The van der Waals surface area contributed by atoms with Crippen LogP contribution in [0.25, 0.3) is 0 Å². The largest absolute Gasteiger partial charge is 0.381 e. The summed E-state index contributed by atoms with van der Waals surface area (Å²) in [4.78, 5) is 0. The fraction of sp³-hybridized carbons (Fsp3) is 1.00. The maximum Gasteiger partial charge on any atom is 0.0469 e. The molecule has 1 saturated heterocycles. The van der Waals surface area contributed by atoms with Gasteiger partial charge in [-0.15, -0.1) is 11.6 Å². The monoisotopic (exact) mass is 245 g/mol. The quantitative estimate of drug-likeness (QED) is 0.769. The van der Waals surface area contributed by atoms with Crippen LogP contribution in [0.2, 0.25) is 0 Å². The molecule has 0 radical (unpaired) electrons. The highest BCUT2D eigenvalue weighted by atomic mass is 35.5. The number of nitrogens with one attached hydrogen (secondary N) is 1. The van der Waals surface area contributed by atoms with Gasteiger partial charge in [-0.05, 0) is 38.1 Å². The Morgan fingerprint density at radius 3 is 2.44 bits per heavy atom. The molecule has 0 bridgehead atoms. The fourth-order valence-corrected chi connectivity index (χ4v) is 3.26. The lowest BCUT2D eigenvalue weighted by atomic mass is 9.82. The molecule has 1 saturated carbocycles. The van der Waals surface area contributed by atoms with Crippen molar-refractivity contribution in [2.24, 2.45) is 5.92 Å². The maximum atomic E-state index is 6.17. The van der Waals surface area contributed by atoms with E-state index >= 15 is 0 Å². The van der Waals surface area contributed by atoms with Gasteiger partial charge in [-0.1, -0.05) is 19.3 Å². The molecular weight excluding hydrogens is 222 g/mol. The zero-order valence-electron chi connectivity index (χ0n) is 10.1. The molecule has 1 aliphatic heterocycles. The van der Waals surface area contributed by atoms with Gasteiger partial charge < -0.3 is 10.1 Å². The van der Waals surface area contributed by atoms with Crippen LogP contribution in [-0.4, -0.2) is 31.2 Å². The van der Waals surface area contributed by atoms with Gasteiger partial charge in [0.05, 0.1) is 0 Å². The first kappa shape index (κ1) is 12.7. The van der Waals surface area contributed by atoms with E-state index in [1.165, 1.54) is 44.9 Å². The Kier molecular flexibility index (Phi) is 4.93. The summed E-state index contributed by atoms with van der Waals surface area (Å²) in [6, 6.07) is 0. The molecule has 0 aromatic carbocycles. The Bertz CT molecular complexity index is 198. The highest BCUT2D eigenvalue weighted by Crippen LogP contribution is 2.29. The Balaban J connectivity index is 1.77. The number of rotatable bonds is 4. The Hall–Kier alpha value is 0.210. The molecule has 2 fully saturated rings. The number of hydrogen-bond donors (Lipinski definition) is 1. The van der Waals surface area contributed by atoms with Crippen molar-refractivity contribution in [3.63, 3.8) is 0 Å². The second-order valence-electron chi connectivity index (χ2n) is 5.41. The van der Waals surface area contributed by atoms with Crippen molar-refractivity contribution >= 4 is 11.6 Å². The third-order valence-electron chi connectivity index (χ3n) is 4.17. The summed E-state index contributed by atoms with van der Waals surface area (Å²) in [5.74, 6) is 1.58. The summed E-state index contributed by atoms with van der Waals surface area (Å²) < 4.78 is 5.39. The molecule has 0 aromatic heterocycles. The predicted octanol–water partition coefficient (Wildman–Crippen LogP) is 2.94. The lowest BCUT2D eigenvalue weighted by Crippen LogP contribution is -2.50. The minimum Gasteiger partial charge on any atom is -0.381 e. The lowest BCUT2D eigenvalue weighted by molar-refractivity contribution is 0.0626. The molecule has 1 heterocycles. The van der Waals surface area contributed by atoms with E-state index in [0.717, 1.165) is 31.6 Å². The summed E-state index contributed by atoms with van der Waals surface area (Å²) in [7, 11) is 0. The van der Waals surface area contributed by atoms with E-state index in [0.29, 0.717) is 0 Å². The van der Waals surface area contributed by atoms with Crippen LogP contribution in [0.15, 0.2) is 0 Å². The Labute approximate surface area is 104 Å². The van der Waals surface area contributed by atoms with Crippen LogP contribution in [0.5, 0.6) is 0 Å². The summed E-state index contributed by atoms with van der Waals surface area (Å²) in [5.41, 5.74) is 0.248.